The predicted molar refractivity (Wildman–Crippen MR) is 211 cm³/mol. The lowest BCUT2D eigenvalue weighted by atomic mass is 9.87. The largest absolute Gasteiger partial charge is 0.506 e. The summed E-state index contributed by atoms with van der Waals surface area (Å²) in [6.07, 6.45) is 4.29. The first-order valence-electron chi connectivity index (χ1n) is 17.4. The molecular weight excluding hydrogens is 723 g/mol. The molecule has 3 rings (SSSR count). The summed E-state index contributed by atoms with van der Waals surface area (Å²) < 4.78 is 16.8. The summed E-state index contributed by atoms with van der Waals surface area (Å²) in [6, 6.07) is 8.87. The molecule has 0 aliphatic carbocycles. The van der Waals surface area contributed by atoms with Crippen molar-refractivity contribution in [3.05, 3.63) is 76.9 Å². The SMILES string of the molecule is CO[C@H]1C=CC=C(C)C(=O)Nc2cc(O)c(N=Cc3ccc(N(CCCl)CCCl)cc3)c(c2O)C[C@@H](C)C[C@H](OC)[C@H](O)[C@@H](C)C=C(C)[C@@H]1OC(N)=O. The average Bonchev–Trinajstić information content (AvgIpc) is 3.12. The molecule has 2 amide bonds. The predicted octanol–water partition coefficient (Wildman–Crippen LogP) is 6.59. The van der Waals surface area contributed by atoms with E-state index in [4.69, 9.17) is 43.1 Å². The number of halogens is 2. The summed E-state index contributed by atoms with van der Waals surface area (Å²) in [4.78, 5) is 31.8. The van der Waals surface area contributed by atoms with E-state index in [2.05, 4.69) is 15.2 Å². The van der Waals surface area contributed by atoms with Crippen molar-refractivity contribution >= 4 is 58.5 Å². The van der Waals surface area contributed by atoms with E-state index < -0.39 is 42.3 Å². The topological polar surface area (TPSA) is 176 Å². The molecule has 1 heterocycles. The second kappa shape index (κ2) is 21.0. The van der Waals surface area contributed by atoms with Gasteiger partial charge >= 0.3 is 6.09 Å². The van der Waals surface area contributed by atoms with E-state index in [1.807, 2.05) is 38.1 Å². The quantitative estimate of drug-likeness (QED) is 0.0586. The molecule has 2 bridgehead atoms. The number of aromatic hydroxyl groups is 2. The van der Waals surface area contributed by atoms with Gasteiger partial charge in [0.1, 0.15) is 23.3 Å². The number of nitrogens with two attached hydrogens (primary N) is 1. The first-order valence-corrected chi connectivity index (χ1v) is 18.4. The van der Waals surface area contributed by atoms with Crippen LogP contribution in [0.3, 0.4) is 0 Å². The first kappa shape index (κ1) is 43.3. The number of benzene rings is 2. The number of hydrogen-bond donors (Lipinski definition) is 5. The fourth-order valence-corrected chi connectivity index (χ4v) is 6.63. The van der Waals surface area contributed by atoms with Crippen molar-refractivity contribution in [1.29, 1.82) is 0 Å². The number of aliphatic hydroxyl groups is 1. The number of anilines is 2. The highest BCUT2D eigenvalue weighted by Crippen LogP contribution is 2.44. The van der Waals surface area contributed by atoms with E-state index in [0.717, 1.165) is 11.3 Å². The Balaban J connectivity index is 2.10. The van der Waals surface area contributed by atoms with Gasteiger partial charge in [-0.15, -0.1) is 23.2 Å². The summed E-state index contributed by atoms with van der Waals surface area (Å²) in [6.45, 7) is 8.34. The summed E-state index contributed by atoms with van der Waals surface area (Å²) in [5.74, 6) is -0.812. The number of carbonyl (C=O) groups excluding carboxylic acids is 2. The second-order valence-corrected chi connectivity index (χ2v) is 13.9. The summed E-state index contributed by atoms with van der Waals surface area (Å²) in [5.41, 5.74) is 8.37. The number of rotatable bonds is 10. The van der Waals surface area contributed by atoms with Gasteiger partial charge in [-0.25, -0.2) is 4.79 Å². The lowest BCUT2D eigenvalue weighted by Gasteiger charge is -2.29. The number of phenols is 2. The standard InChI is InChI=1S/C39H52Cl2N4O8/c1-23-18-29-34(43-22-27-10-12-28(13-11-27)45(16-14-40)17-15-41)31(46)21-30(36(29)48)44-38(49)24(2)8-7-9-32(51-5)37(53-39(42)50)26(4)20-25(3)35(47)33(19-23)52-6/h7-13,20-23,25,32-33,35,37,46-48H,14-19H2,1-6H3,(H2,42,50)(H,44,49)/t23-,25+,32+,33+,35-,37+/m1/s1. The van der Waals surface area contributed by atoms with Crippen LogP contribution in [-0.2, 0) is 25.4 Å². The van der Waals surface area contributed by atoms with Gasteiger partial charge in [0.15, 0.2) is 6.10 Å². The molecule has 6 atom stereocenters. The van der Waals surface area contributed by atoms with E-state index in [1.54, 1.807) is 38.3 Å². The zero-order valence-electron chi connectivity index (χ0n) is 31.1. The third-order valence-electron chi connectivity index (χ3n) is 9.11. The normalized spacial score (nSPS) is 23.3. The highest BCUT2D eigenvalue weighted by Gasteiger charge is 2.30. The smallest absolute Gasteiger partial charge is 0.405 e. The third-order valence-corrected chi connectivity index (χ3v) is 9.45. The van der Waals surface area contributed by atoms with Crippen LogP contribution in [-0.4, -0.2) is 97.0 Å². The van der Waals surface area contributed by atoms with Gasteiger partial charge in [0.25, 0.3) is 5.91 Å². The molecule has 53 heavy (non-hydrogen) atoms. The van der Waals surface area contributed by atoms with Crippen LogP contribution in [0.1, 0.15) is 45.2 Å². The highest BCUT2D eigenvalue weighted by molar-refractivity contribution is 6.18. The van der Waals surface area contributed by atoms with Gasteiger partial charge in [0, 0.05) is 74.1 Å². The molecule has 0 saturated heterocycles. The monoisotopic (exact) mass is 774 g/mol. The van der Waals surface area contributed by atoms with Gasteiger partial charge in [0.2, 0.25) is 0 Å². The van der Waals surface area contributed by atoms with E-state index in [-0.39, 0.29) is 40.8 Å². The van der Waals surface area contributed by atoms with E-state index >= 15 is 0 Å². The summed E-state index contributed by atoms with van der Waals surface area (Å²) in [7, 11) is 2.95. The highest BCUT2D eigenvalue weighted by atomic mass is 35.5. The Morgan fingerprint density at radius 2 is 1.75 bits per heavy atom. The van der Waals surface area contributed by atoms with Crippen molar-refractivity contribution in [3.63, 3.8) is 0 Å². The molecule has 0 aromatic heterocycles. The Hall–Kier alpha value is -4.07. The van der Waals surface area contributed by atoms with E-state index in [1.165, 1.54) is 26.4 Å². The molecule has 2 aromatic carbocycles. The van der Waals surface area contributed by atoms with Crippen molar-refractivity contribution < 1.29 is 39.1 Å². The molecule has 14 heteroatoms. The van der Waals surface area contributed by atoms with Crippen LogP contribution < -0.4 is 16.0 Å². The molecule has 0 unspecified atom stereocenters. The van der Waals surface area contributed by atoms with Crippen LogP contribution in [0.5, 0.6) is 11.5 Å². The number of nitrogens with zero attached hydrogens (tertiary/aromatic N) is 2. The molecule has 2 aromatic rings. The van der Waals surface area contributed by atoms with Crippen molar-refractivity contribution in [2.24, 2.45) is 22.6 Å². The number of methoxy groups -OCH3 is 2. The average molecular weight is 776 g/mol. The number of primary amides is 1. The number of phenolic OH excluding ortho intramolecular Hbond substituents is 2. The number of amides is 2. The minimum Gasteiger partial charge on any atom is -0.506 e. The zero-order valence-corrected chi connectivity index (χ0v) is 32.6. The van der Waals surface area contributed by atoms with Crippen molar-refractivity contribution in [1.82, 2.24) is 0 Å². The number of alkyl halides is 2. The number of fused-ring (bicyclic) bond motifs is 2. The molecule has 290 valence electrons. The van der Waals surface area contributed by atoms with Gasteiger partial charge in [-0.3, -0.25) is 9.79 Å². The van der Waals surface area contributed by atoms with Gasteiger partial charge in [-0.05, 0) is 55.9 Å². The fourth-order valence-electron chi connectivity index (χ4n) is 6.22. The minimum atomic E-state index is -1.00. The number of carbonyl (C=O) groups is 2. The Kier molecular flexibility index (Phi) is 17.2. The van der Waals surface area contributed by atoms with Crippen molar-refractivity contribution in [2.75, 3.05) is 49.3 Å². The Labute approximate surface area is 321 Å². The lowest BCUT2D eigenvalue weighted by Crippen LogP contribution is -2.37. The Morgan fingerprint density at radius 1 is 1.09 bits per heavy atom. The molecular formula is C39H52Cl2N4O8. The second-order valence-electron chi connectivity index (χ2n) is 13.2. The maximum atomic E-state index is 13.3. The van der Waals surface area contributed by atoms with Gasteiger partial charge in [-0.2, -0.15) is 0 Å². The van der Waals surface area contributed by atoms with Crippen LogP contribution >= 0.6 is 23.2 Å². The Morgan fingerprint density at radius 3 is 2.34 bits per heavy atom. The third kappa shape index (κ3) is 12.2. The van der Waals surface area contributed by atoms with Crippen LogP contribution in [0.25, 0.3) is 0 Å². The maximum Gasteiger partial charge on any atom is 0.405 e. The van der Waals surface area contributed by atoms with Gasteiger partial charge in [0.05, 0.1) is 17.9 Å². The molecule has 1 aliphatic rings. The molecule has 6 N–H and O–H groups in total. The van der Waals surface area contributed by atoms with Crippen molar-refractivity contribution in [2.45, 2.75) is 65.0 Å². The van der Waals surface area contributed by atoms with Crippen LogP contribution in [0.15, 0.2) is 70.8 Å². The number of allylic oxidation sites excluding steroid dienone is 2. The van der Waals surface area contributed by atoms with E-state index in [9.17, 15) is 24.9 Å². The number of aliphatic hydroxyl groups excluding tert-OH is 1. The van der Waals surface area contributed by atoms with Gasteiger partial charge in [-0.1, -0.05) is 50.3 Å². The molecule has 0 radical (unpaired) electrons. The summed E-state index contributed by atoms with van der Waals surface area (Å²) >= 11 is 12.0. The molecule has 0 saturated carbocycles. The Bertz CT molecular complexity index is 1660. The van der Waals surface area contributed by atoms with Gasteiger partial charge < -0.3 is 45.5 Å². The maximum absolute atomic E-state index is 13.3. The number of aliphatic imine (C=N–C) groups is 1. The van der Waals surface area contributed by atoms with Crippen LogP contribution in [0.2, 0.25) is 0 Å². The van der Waals surface area contributed by atoms with Crippen molar-refractivity contribution in [3.8, 4) is 11.5 Å². The minimum absolute atomic E-state index is 0.00668. The van der Waals surface area contributed by atoms with Crippen LogP contribution in [0, 0.1) is 11.8 Å². The molecule has 0 spiro atoms. The fraction of sp³-hybridized carbons (Fsp3) is 0.462. The molecule has 12 nitrogen and oxygen atoms in total. The zero-order chi connectivity index (χ0) is 39.2. The number of ether oxygens (including phenoxy) is 3. The summed E-state index contributed by atoms with van der Waals surface area (Å²) in [5, 5.41) is 37.0. The first-order chi connectivity index (χ1) is 25.2. The molecule has 1 aliphatic heterocycles. The molecule has 0 fully saturated rings. The number of hydrogen-bond acceptors (Lipinski definition) is 10. The lowest BCUT2D eigenvalue weighted by molar-refractivity contribution is -0.112. The van der Waals surface area contributed by atoms with E-state index in [0.29, 0.717) is 42.4 Å². The number of nitrogens with one attached hydrogen (secondary N) is 1. The van der Waals surface area contributed by atoms with Crippen LogP contribution in [0.4, 0.5) is 21.9 Å².